The molecule has 0 radical (unpaired) electrons. The summed E-state index contributed by atoms with van der Waals surface area (Å²) in [5.41, 5.74) is -4.46. The summed E-state index contributed by atoms with van der Waals surface area (Å²) in [5, 5.41) is -0.0375. The first-order chi connectivity index (χ1) is 12.9. The van der Waals surface area contributed by atoms with E-state index in [0.29, 0.717) is 11.1 Å². The first kappa shape index (κ1) is 26.0. The molecule has 0 heterocycles. The van der Waals surface area contributed by atoms with Crippen molar-refractivity contribution in [1.29, 1.82) is 0 Å². The smallest absolute Gasteiger partial charge is 0.413 e. The molecule has 0 aromatic heterocycles. The Kier molecular flexibility index (Phi) is 8.04. The predicted molar refractivity (Wildman–Crippen MR) is 112 cm³/mol. The van der Waals surface area contributed by atoms with Gasteiger partial charge in [0, 0.05) is 0 Å². The van der Waals surface area contributed by atoms with Gasteiger partial charge >= 0.3 is 15.6 Å². The maximum atomic E-state index is 12.9. The van der Waals surface area contributed by atoms with Crippen LogP contribution in [0.15, 0.2) is 35.6 Å². The molecule has 0 aliphatic heterocycles. The van der Waals surface area contributed by atoms with Crippen LogP contribution in [-0.4, -0.2) is 28.9 Å². The molecular weight excluding hydrogens is 421 g/mol. The third kappa shape index (κ3) is 6.99. The lowest BCUT2D eigenvalue weighted by Crippen LogP contribution is -2.41. The minimum Gasteiger partial charge on any atom is -0.413 e. The quantitative estimate of drug-likeness (QED) is 0.135. The van der Waals surface area contributed by atoms with E-state index in [1.807, 2.05) is 13.8 Å². The molecule has 0 aromatic rings. The molecule has 1 aliphatic carbocycles. The van der Waals surface area contributed by atoms with Crippen molar-refractivity contribution in [3.05, 3.63) is 35.6 Å². The van der Waals surface area contributed by atoms with Gasteiger partial charge < -0.3 is 8.61 Å². The second-order valence-corrected chi connectivity index (χ2v) is 15.6. The topological polar surface area (TPSA) is 52.6 Å². The van der Waals surface area contributed by atoms with Crippen LogP contribution in [0.5, 0.6) is 0 Å². The summed E-state index contributed by atoms with van der Waals surface area (Å²) in [6, 6.07) is 0. The number of halogens is 3. The van der Waals surface area contributed by atoms with Crippen molar-refractivity contribution in [1.82, 2.24) is 0 Å². The van der Waals surface area contributed by atoms with Crippen molar-refractivity contribution in [2.45, 2.75) is 71.1 Å². The first-order valence-corrected chi connectivity index (χ1v) is 14.0. The number of hydrogen-bond acceptors (Lipinski definition) is 4. The fraction of sp³-hybridized carbons (Fsp3) is 0.700. The number of hydrogen-bond donors (Lipinski definition) is 0. The molecular formula is C20H33F3O4SSi. The van der Waals surface area contributed by atoms with Gasteiger partial charge in [0.2, 0.25) is 0 Å². The molecule has 1 fully saturated rings. The van der Waals surface area contributed by atoms with E-state index in [4.69, 9.17) is 4.43 Å². The molecule has 29 heavy (non-hydrogen) atoms. The van der Waals surface area contributed by atoms with Gasteiger partial charge in [0.1, 0.15) is 5.76 Å². The largest absolute Gasteiger partial charge is 0.534 e. The molecule has 0 unspecified atom stereocenters. The number of alkyl halides is 3. The van der Waals surface area contributed by atoms with E-state index in [0.717, 1.165) is 12.8 Å². The van der Waals surface area contributed by atoms with Crippen molar-refractivity contribution < 1.29 is 30.2 Å². The average Bonchev–Trinajstić information content (AvgIpc) is 3.33. The summed E-state index contributed by atoms with van der Waals surface area (Å²) in [5.74, 6) is -0.434. The van der Waals surface area contributed by atoms with Crippen LogP contribution in [0.1, 0.15) is 47.5 Å². The fourth-order valence-corrected chi connectivity index (χ4v) is 3.64. The Morgan fingerprint density at radius 3 is 2.07 bits per heavy atom. The zero-order valence-corrected chi connectivity index (χ0v) is 20.1. The van der Waals surface area contributed by atoms with Gasteiger partial charge in [-0.25, -0.2) is 0 Å². The molecule has 1 rings (SSSR count). The molecule has 1 aliphatic rings. The van der Waals surface area contributed by atoms with Crippen LogP contribution in [0.25, 0.3) is 0 Å². The second kappa shape index (κ2) is 8.97. The third-order valence-corrected chi connectivity index (χ3v) is 10.9. The second-order valence-electron chi connectivity index (χ2n) is 9.20. The Morgan fingerprint density at radius 1 is 1.21 bits per heavy atom. The van der Waals surface area contributed by atoms with Gasteiger partial charge in [-0.3, -0.25) is 0 Å². The standard InChI is InChI=1S/C20H33F3O4SSi/c1-9-17(15-10-11-15)18(27-28(24,25)20(21,22)23)12-16(14(2)3)13-26-29(7,8)19(4,5)6/h9,12,14-15H,1,10-11,13H2,2-8H3/b16-12-,18-17-. The summed E-state index contributed by atoms with van der Waals surface area (Å²) < 4.78 is 72.8. The molecule has 0 saturated heterocycles. The molecule has 4 nitrogen and oxygen atoms in total. The lowest BCUT2D eigenvalue weighted by Gasteiger charge is -2.36. The summed E-state index contributed by atoms with van der Waals surface area (Å²) in [7, 11) is -7.88. The van der Waals surface area contributed by atoms with Crippen LogP contribution in [0.3, 0.4) is 0 Å². The Morgan fingerprint density at radius 2 is 1.72 bits per heavy atom. The molecule has 0 bridgehead atoms. The Labute approximate surface area is 174 Å². The van der Waals surface area contributed by atoms with E-state index in [1.54, 1.807) is 0 Å². The van der Waals surface area contributed by atoms with Crippen LogP contribution in [-0.2, 0) is 18.7 Å². The van der Waals surface area contributed by atoms with E-state index >= 15 is 0 Å². The normalized spacial score (nSPS) is 18.0. The summed E-state index contributed by atoms with van der Waals surface area (Å²) in [6.45, 7) is 18.0. The highest BCUT2D eigenvalue weighted by Gasteiger charge is 2.49. The molecule has 0 spiro atoms. The van der Waals surface area contributed by atoms with Crippen molar-refractivity contribution in [3.63, 3.8) is 0 Å². The summed E-state index contributed by atoms with van der Waals surface area (Å²) >= 11 is 0. The third-order valence-electron chi connectivity index (χ3n) is 5.47. The lowest BCUT2D eigenvalue weighted by atomic mass is 10.0. The maximum absolute atomic E-state index is 12.9. The van der Waals surface area contributed by atoms with Gasteiger partial charge in [-0.15, -0.1) is 0 Å². The van der Waals surface area contributed by atoms with E-state index in [9.17, 15) is 21.6 Å². The van der Waals surface area contributed by atoms with E-state index in [-0.39, 0.29) is 29.2 Å². The van der Waals surface area contributed by atoms with Gasteiger partial charge in [-0.1, -0.05) is 47.3 Å². The Hall–Kier alpha value is -1.06. The Balaban J connectivity index is 3.35. The van der Waals surface area contributed by atoms with Crippen LogP contribution in [0.4, 0.5) is 13.2 Å². The number of allylic oxidation sites excluding steroid dienone is 3. The van der Waals surface area contributed by atoms with Gasteiger partial charge in [0.15, 0.2) is 8.32 Å². The molecule has 0 N–H and O–H groups in total. The molecule has 0 aromatic carbocycles. The van der Waals surface area contributed by atoms with Gasteiger partial charge in [0.25, 0.3) is 0 Å². The van der Waals surface area contributed by atoms with E-state index < -0.39 is 23.9 Å². The molecule has 0 amide bonds. The monoisotopic (exact) mass is 454 g/mol. The molecule has 168 valence electrons. The highest BCUT2D eigenvalue weighted by molar-refractivity contribution is 7.87. The van der Waals surface area contributed by atoms with Gasteiger partial charge in [-0.05, 0) is 60.0 Å². The SMILES string of the molecule is C=C/C(=C(\C=C(\CO[Si](C)(C)C(C)(C)C)C(C)C)OS(=O)(=O)C(F)(F)F)C1CC1. The lowest BCUT2D eigenvalue weighted by molar-refractivity contribution is -0.0520. The van der Waals surface area contributed by atoms with Crippen LogP contribution < -0.4 is 0 Å². The van der Waals surface area contributed by atoms with Crippen molar-refractivity contribution >= 4 is 18.4 Å². The summed E-state index contributed by atoms with van der Waals surface area (Å²) in [6.07, 6.45) is 4.27. The van der Waals surface area contributed by atoms with Crippen LogP contribution in [0, 0.1) is 11.8 Å². The maximum Gasteiger partial charge on any atom is 0.534 e. The zero-order chi connectivity index (χ0) is 22.8. The highest BCUT2D eigenvalue weighted by Crippen LogP contribution is 2.41. The van der Waals surface area contributed by atoms with Crippen molar-refractivity contribution in [2.75, 3.05) is 6.61 Å². The summed E-state index contributed by atoms with van der Waals surface area (Å²) in [4.78, 5) is 0. The predicted octanol–water partition coefficient (Wildman–Crippen LogP) is 6.31. The fourth-order valence-electron chi connectivity index (χ4n) is 2.21. The van der Waals surface area contributed by atoms with Gasteiger partial charge in [0.05, 0.1) is 6.61 Å². The van der Waals surface area contributed by atoms with Gasteiger partial charge in [-0.2, -0.15) is 21.6 Å². The first-order valence-electron chi connectivity index (χ1n) is 9.64. The highest BCUT2D eigenvalue weighted by atomic mass is 32.2. The van der Waals surface area contributed by atoms with Crippen LogP contribution >= 0.6 is 0 Å². The van der Waals surface area contributed by atoms with Crippen LogP contribution in [0.2, 0.25) is 18.1 Å². The van der Waals surface area contributed by atoms with E-state index in [2.05, 4.69) is 44.6 Å². The van der Waals surface area contributed by atoms with E-state index in [1.165, 1.54) is 12.2 Å². The molecule has 0 atom stereocenters. The molecule has 1 saturated carbocycles. The Bertz CT molecular complexity index is 769. The minimum absolute atomic E-state index is 0.0375. The van der Waals surface area contributed by atoms with Crippen molar-refractivity contribution in [3.8, 4) is 0 Å². The minimum atomic E-state index is -5.78. The number of rotatable bonds is 9. The molecule has 9 heteroatoms. The van der Waals surface area contributed by atoms with Crippen molar-refractivity contribution in [2.24, 2.45) is 11.8 Å². The average molecular weight is 455 g/mol. The zero-order valence-electron chi connectivity index (χ0n) is 18.3.